The fraction of sp³-hybridized carbons (Fsp3) is 0.444. The number of nitrogens with one attached hydrogen (secondary N) is 1. The molecule has 1 unspecified atom stereocenters. The van der Waals surface area contributed by atoms with E-state index in [0.717, 1.165) is 5.56 Å². The van der Waals surface area contributed by atoms with E-state index in [4.69, 9.17) is 9.26 Å². The summed E-state index contributed by atoms with van der Waals surface area (Å²) in [6.45, 7) is 5.30. The predicted octanol–water partition coefficient (Wildman–Crippen LogP) is 2.40. The van der Waals surface area contributed by atoms with Crippen LogP contribution in [0.4, 0.5) is 5.69 Å². The molecule has 9 heteroatoms. The maximum absolute atomic E-state index is 13.1. The Balaban J connectivity index is 1.89. The van der Waals surface area contributed by atoms with Gasteiger partial charge in [0.2, 0.25) is 15.9 Å². The number of ether oxygens (including phenoxy) is 1. The van der Waals surface area contributed by atoms with Crippen molar-refractivity contribution in [2.45, 2.75) is 44.6 Å². The van der Waals surface area contributed by atoms with Crippen molar-refractivity contribution >= 4 is 21.6 Å². The Bertz CT molecular complexity index is 948. The first-order chi connectivity index (χ1) is 12.8. The number of aromatic nitrogens is 1. The maximum atomic E-state index is 13.1. The predicted molar refractivity (Wildman–Crippen MR) is 99.3 cm³/mol. The van der Waals surface area contributed by atoms with Crippen molar-refractivity contribution in [1.82, 2.24) is 9.46 Å². The summed E-state index contributed by atoms with van der Waals surface area (Å²) in [7, 11) is -2.36. The summed E-state index contributed by atoms with van der Waals surface area (Å²) in [6.07, 6.45) is 1.05. The molecule has 0 spiro atoms. The maximum Gasteiger partial charge on any atom is 0.249 e. The molecule has 1 fully saturated rings. The summed E-state index contributed by atoms with van der Waals surface area (Å²) in [5, 5.41) is 6.54. The van der Waals surface area contributed by atoms with Gasteiger partial charge in [-0.15, -0.1) is 0 Å². The molecule has 1 N–H and O–H groups in total. The molecule has 1 aromatic heterocycles. The average molecular weight is 393 g/mol. The van der Waals surface area contributed by atoms with Crippen molar-refractivity contribution in [3.05, 3.63) is 35.2 Å². The third-order valence-electron chi connectivity index (χ3n) is 4.65. The first kappa shape index (κ1) is 19.4. The Hall–Kier alpha value is -2.39. The molecule has 0 aliphatic carbocycles. The lowest BCUT2D eigenvalue weighted by Crippen LogP contribution is -2.43. The van der Waals surface area contributed by atoms with Crippen LogP contribution in [0.5, 0.6) is 5.75 Å². The summed E-state index contributed by atoms with van der Waals surface area (Å²) >= 11 is 0. The van der Waals surface area contributed by atoms with Gasteiger partial charge in [-0.25, -0.2) is 8.42 Å². The van der Waals surface area contributed by atoms with Gasteiger partial charge in [0.05, 0.1) is 12.8 Å². The lowest BCUT2D eigenvalue weighted by molar-refractivity contribution is -0.119. The van der Waals surface area contributed by atoms with Crippen LogP contribution < -0.4 is 10.1 Å². The zero-order valence-corrected chi connectivity index (χ0v) is 16.6. The van der Waals surface area contributed by atoms with Crippen LogP contribution in [0.25, 0.3) is 0 Å². The van der Waals surface area contributed by atoms with Crippen LogP contribution in [0, 0.1) is 20.8 Å². The van der Waals surface area contributed by atoms with Gasteiger partial charge >= 0.3 is 0 Å². The summed E-state index contributed by atoms with van der Waals surface area (Å²) in [4.78, 5) is 12.9. The molecule has 3 rings (SSSR count). The zero-order valence-electron chi connectivity index (χ0n) is 15.8. The number of hydrogen-bond donors (Lipinski definition) is 1. The second kappa shape index (κ2) is 7.32. The molecular weight excluding hydrogens is 370 g/mol. The summed E-state index contributed by atoms with van der Waals surface area (Å²) in [6, 6.07) is 4.63. The lowest BCUT2D eigenvalue weighted by atomic mass is 10.1. The molecule has 1 aliphatic rings. The van der Waals surface area contributed by atoms with Crippen molar-refractivity contribution in [2.75, 3.05) is 19.0 Å². The molecular formula is C18H23N3O5S. The van der Waals surface area contributed by atoms with E-state index in [1.165, 1.54) is 11.4 Å². The fourth-order valence-electron chi connectivity index (χ4n) is 3.39. The van der Waals surface area contributed by atoms with Crippen LogP contribution in [0.15, 0.2) is 27.6 Å². The quantitative estimate of drug-likeness (QED) is 0.837. The van der Waals surface area contributed by atoms with Crippen molar-refractivity contribution < 1.29 is 22.5 Å². The van der Waals surface area contributed by atoms with Crippen molar-refractivity contribution in [2.24, 2.45) is 0 Å². The molecule has 0 bridgehead atoms. The van der Waals surface area contributed by atoms with E-state index in [1.807, 2.05) is 13.0 Å². The van der Waals surface area contributed by atoms with Crippen molar-refractivity contribution in [1.29, 1.82) is 0 Å². The second-order valence-corrected chi connectivity index (χ2v) is 8.45. The number of hydrogen-bond acceptors (Lipinski definition) is 6. The third kappa shape index (κ3) is 3.57. The number of benzene rings is 1. The first-order valence-electron chi connectivity index (χ1n) is 8.66. The largest absolute Gasteiger partial charge is 0.495 e. The van der Waals surface area contributed by atoms with E-state index < -0.39 is 16.1 Å². The van der Waals surface area contributed by atoms with Gasteiger partial charge in [-0.05, 0) is 51.3 Å². The Morgan fingerprint density at radius 3 is 2.70 bits per heavy atom. The molecule has 2 aromatic rings. The Morgan fingerprint density at radius 2 is 2.07 bits per heavy atom. The molecule has 2 heterocycles. The number of rotatable bonds is 5. The van der Waals surface area contributed by atoms with Crippen LogP contribution in [0.1, 0.15) is 29.9 Å². The van der Waals surface area contributed by atoms with Gasteiger partial charge < -0.3 is 14.6 Å². The molecule has 27 heavy (non-hydrogen) atoms. The molecule has 1 atom stereocenters. The van der Waals surface area contributed by atoms with Gasteiger partial charge in [-0.3, -0.25) is 4.79 Å². The Morgan fingerprint density at radius 1 is 1.33 bits per heavy atom. The number of methoxy groups -OCH3 is 1. The SMILES string of the molecule is COc1ccc(C)cc1NC(=O)C1CCCN1S(=O)(=O)c1c(C)noc1C. The van der Waals surface area contributed by atoms with Crippen LogP contribution in [0.2, 0.25) is 0 Å². The molecule has 1 amide bonds. The molecule has 1 aliphatic heterocycles. The number of anilines is 1. The van der Waals surface area contributed by atoms with Crippen molar-refractivity contribution in [3.8, 4) is 5.75 Å². The number of carbonyl (C=O) groups is 1. The van der Waals surface area contributed by atoms with Gasteiger partial charge in [0.25, 0.3) is 0 Å². The first-order valence-corrected chi connectivity index (χ1v) is 10.1. The Labute approximate surface area is 158 Å². The van der Waals surface area contributed by atoms with Crippen LogP contribution in [0.3, 0.4) is 0 Å². The van der Waals surface area contributed by atoms with E-state index in [9.17, 15) is 13.2 Å². The standard InChI is InChI=1S/C18H23N3O5S/c1-11-7-8-16(25-4)14(10-11)19-18(22)15-6-5-9-21(15)27(23,24)17-12(2)20-26-13(17)3/h7-8,10,15H,5-6,9H2,1-4H3,(H,19,22). The highest BCUT2D eigenvalue weighted by molar-refractivity contribution is 7.89. The van der Waals surface area contributed by atoms with E-state index in [0.29, 0.717) is 30.0 Å². The van der Waals surface area contributed by atoms with E-state index in [1.54, 1.807) is 26.0 Å². The lowest BCUT2D eigenvalue weighted by Gasteiger charge is -2.23. The summed E-state index contributed by atoms with van der Waals surface area (Å²) in [5.41, 5.74) is 1.76. The summed E-state index contributed by atoms with van der Waals surface area (Å²) < 4.78 is 37.7. The van der Waals surface area contributed by atoms with E-state index >= 15 is 0 Å². The number of carbonyl (C=O) groups excluding carboxylic acids is 1. The van der Waals surface area contributed by atoms with Crippen LogP contribution in [-0.4, -0.2) is 43.5 Å². The van der Waals surface area contributed by atoms with Gasteiger partial charge in [0, 0.05) is 6.54 Å². The Kier molecular flexibility index (Phi) is 5.25. The number of sulfonamides is 1. The van der Waals surface area contributed by atoms with Crippen LogP contribution >= 0.6 is 0 Å². The highest BCUT2D eigenvalue weighted by Gasteiger charge is 2.42. The monoisotopic (exact) mass is 393 g/mol. The minimum atomic E-state index is -3.88. The molecule has 0 saturated carbocycles. The molecule has 146 valence electrons. The molecule has 1 aromatic carbocycles. The van der Waals surface area contributed by atoms with E-state index in [-0.39, 0.29) is 23.1 Å². The molecule has 0 radical (unpaired) electrons. The van der Waals surface area contributed by atoms with Gasteiger partial charge in [-0.1, -0.05) is 11.2 Å². The summed E-state index contributed by atoms with van der Waals surface area (Å²) in [5.74, 6) is 0.359. The second-order valence-electron chi connectivity index (χ2n) is 6.62. The number of nitrogens with zero attached hydrogens (tertiary/aromatic N) is 2. The normalized spacial score (nSPS) is 17.9. The molecule has 8 nitrogen and oxygen atoms in total. The minimum absolute atomic E-state index is 0.0373. The number of aryl methyl sites for hydroxylation is 3. The number of amides is 1. The topological polar surface area (TPSA) is 102 Å². The van der Waals surface area contributed by atoms with Crippen molar-refractivity contribution in [3.63, 3.8) is 0 Å². The minimum Gasteiger partial charge on any atom is -0.495 e. The van der Waals surface area contributed by atoms with Crippen LogP contribution in [-0.2, 0) is 14.8 Å². The average Bonchev–Trinajstić information content (AvgIpc) is 3.22. The van der Waals surface area contributed by atoms with Gasteiger partial charge in [0.1, 0.15) is 22.4 Å². The fourth-order valence-corrected chi connectivity index (χ4v) is 5.34. The van der Waals surface area contributed by atoms with Gasteiger partial charge in [-0.2, -0.15) is 4.31 Å². The highest BCUT2D eigenvalue weighted by atomic mass is 32.2. The third-order valence-corrected chi connectivity index (χ3v) is 6.81. The molecule has 1 saturated heterocycles. The highest BCUT2D eigenvalue weighted by Crippen LogP contribution is 2.31. The zero-order chi connectivity index (χ0) is 19.8. The smallest absolute Gasteiger partial charge is 0.249 e. The van der Waals surface area contributed by atoms with Gasteiger partial charge in [0.15, 0.2) is 5.76 Å². The van der Waals surface area contributed by atoms with E-state index in [2.05, 4.69) is 10.5 Å².